The Morgan fingerprint density at radius 1 is 0.600 bits per heavy atom. The van der Waals surface area contributed by atoms with Crippen molar-refractivity contribution < 1.29 is 48.6 Å². The molecule has 0 aromatic heterocycles. The molecular weight excluding hydrogens is 474 g/mol. The normalized spacial score (nSPS) is 13.9. The molecule has 0 fully saturated rings. The maximum absolute atomic E-state index is 12.7. The standard InChI is InChI=1S/C18H29N7O10/c19-7(1-3-11(20)26)15(31)23-8(2-4-12(21)27)16(32)24-9(6-14(29)30)17(33)25-10(18(34)35)5-13(22)28/h7-10H,1-6,19H2,(H2,20,26)(H2,21,27)(H2,22,28)(H,23,31)(H,24,32)(H,25,33)(H,29,30)(H,34,35). The van der Waals surface area contributed by atoms with Crippen molar-refractivity contribution in [1.82, 2.24) is 16.0 Å². The fourth-order valence-corrected chi connectivity index (χ4v) is 2.59. The van der Waals surface area contributed by atoms with Gasteiger partial charge in [-0.1, -0.05) is 0 Å². The Morgan fingerprint density at radius 2 is 1.06 bits per heavy atom. The summed E-state index contributed by atoms with van der Waals surface area (Å²) in [4.78, 5) is 92.8. The average Bonchev–Trinajstić information content (AvgIpc) is 2.72. The number of hydrogen-bond donors (Lipinski definition) is 9. The van der Waals surface area contributed by atoms with Gasteiger partial charge >= 0.3 is 11.9 Å². The van der Waals surface area contributed by atoms with Gasteiger partial charge in [-0.05, 0) is 12.8 Å². The predicted molar refractivity (Wildman–Crippen MR) is 114 cm³/mol. The highest BCUT2D eigenvalue weighted by Gasteiger charge is 2.32. The van der Waals surface area contributed by atoms with Crippen molar-refractivity contribution in [2.45, 2.75) is 62.7 Å². The Labute approximate surface area is 198 Å². The van der Waals surface area contributed by atoms with E-state index in [-0.39, 0.29) is 19.3 Å². The van der Waals surface area contributed by atoms with Gasteiger partial charge in [-0.2, -0.15) is 0 Å². The minimum Gasteiger partial charge on any atom is -0.481 e. The number of carboxylic acid groups (broad SMARTS) is 2. The van der Waals surface area contributed by atoms with Crippen molar-refractivity contribution >= 4 is 47.4 Å². The number of primary amides is 3. The summed E-state index contributed by atoms with van der Waals surface area (Å²) in [5, 5.41) is 24.3. The molecule has 0 bridgehead atoms. The maximum Gasteiger partial charge on any atom is 0.326 e. The molecule has 0 aromatic rings. The van der Waals surface area contributed by atoms with E-state index in [2.05, 4.69) is 5.32 Å². The number of rotatable bonds is 17. The number of carbonyl (C=O) groups excluding carboxylic acids is 6. The Bertz CT molecular complexity index is 863. The lowest BCUT2D eigenvalue weighted by Gasteiger charge is -2.24. The monoisotopic (exact) mass is 503 g/mol. The van der Waals surface area contributed by atoms with E-state index in [4.69, 9.17) is 33.1 Å². The second kappa shape index (κ2) is 14.8. The summed E-state index contributed by atoms with van der Waals surface area (Å²) in [5.41, 5.74) is 20.6. The highest BCUT2D eigenvalue weighted by atomic mass is 16.4. The van der Waals surface area contributed by atoms with Gasteiger partial charge in [-0.3, -0.25) is 33.6 Å². The zero-order chi connectivity index (χ0) is 27.3. The van der Waals surface area contributed by atoms with Crippen molar-refractivity contribution in [3.63, 3.8) is 0 Å². The van der Waals surface area contributed by atoms with Gasteiger partial charge in [0.05, 0.1) is 18.9 Å². The molecule has 0 aliphatic rings. The summed E-state index contributed by atoms with van der Waals surface area (Å²) in [6, 6.07) is -6.43. The Balaban J connectivity index is 5.59. The van der Waals surface area contributed by atoms with Crippen molar-refractivity contribution in [1.29, 1.82) is 0 Å². The van der Waals surface area contributed by atoms with E-state index < -0.39 is 90.8 Å². The lowest BCUT2D eigenvalue weighted by atomic mass is 10.1. The first kappa shape index (κ1) is 30.7. The number of carboxylic acids is 2. The molecule has 0 aromatic carbocycles. The van der Waals surface area contributed by atoms with Gasteiger partial charge in [0, 0.05) is 12.8 Å². The van der Waals surface area contributed by atoms with Crippen LogP contribution >= 0.6 is 0 Å². The number of nitrogens with one attached hydrogen (secondary N) is 3. The van der Waals surface area contributed by atoms with E-state index in [0.29, 0.717) is 0 Å². The molecule has 0 spiro atoms. The first-order valence-corrected chi connectivity index (χ1v) is 10.1. The molecule has 0 aliphatic carbocycles. The maximum atomic E-state index is 12.7. The first-order chi connectivity index (χ1) is 16.1. The van der Waals surface area contributed by atoms with E-state index in [1.165, 1.54) is 0 Å². The largest absolute Gasteiger partial charge is 0.481 e. The third-order valence-corrected chi connectivity index (χ3v) is 4.38. The topological polar surface area (TPSA) is 317 Å². The summed E-state index contributed by atoms with van der Waals surface area (Å²) < 4.78 is 0. The SMILES string of the molecule is NC(=O)CCC(N)C(=O)NC(CCC(N)=O)C(=O)NC(CC(=O)O)C(=O)NC(CC(N)=O)C(=O)O. The van der Waals surface area contributed by atoms with E-state index in [9.17, 15) is 38.4 Å². The van der Waals surface area contributed by atoms with E-state index in [0.717, 1.165) is 0 Å². The second-order valence-corrected chi connectivity index (χ2v) is 7.41. The molecule has 4 atom stereocenters. The fraction of sp³-hybridized carbons (Fsp3) is 0.556. The van der Waals surface area contributed by atoms with Crippen LogP contribution in [-0.4, -0.2) is 81.8 Å². The first-order valence-electron chi connectivity index (χ1n) is 10.1. The van der Waals surface area contributed by atoms with Crippen LogP contribution in [0.25, 0.3) is 0 Å². The number of hydrogen-bond acceptors (Lipinski definition) is 9. The van der Waals surface area contributed by atoms with Crippen LogP contribution in [-0.2, 0) is 38.4 Å². The minimum atomic E-state index is -1.84. The molecule has 0 saturated heterocycles. The van der Waals surface area contributed by atoms with Gasteiger partial charge < -0.3 is 49.1 Å². The molecule has 0 aliphatic heterocycles. The van der Waals surface area contributed by atoms with Crippen LogP contribution in [0.4, 0.5) is 0 Å². The van der Waals surface area contributed by atoms with Crippen LogP contribution in [0.3, 0.4) is 0 Å². The predicted octanol–water partition coefficient (Wildman–Crippen LogP) is -5.27. The third kappa shape index (κ3) is 13.1. The molecule has 6 amide bonds. The molecule has 196 valence electrons. The number of amides is 6. The molecule has 0 rings (SSSR count). The second-order valence-electron chi connectivity index (χ2n) is 7.41. The van der Waals surface area contributed by atoms with Crippen LogP contribution in [0.5, 0.6) is 0 Å². The number of nitrogens with two attached hydrogens (primary N) is 4. The summed E-state index contributed by atoms with van der Waals surface area (Å²) in [6.07, 6.45) is -2.97. The summed E-state index contributed by atoms with van der Waals surface area (Å²) >= 11 is 0. The van der Waals surface area contributed by atoms with Crippen molar-refractivity contribution in [3.05, 3.63) is 0 Å². The zero-order valence-electron chi connectivity index (χ0n) is 18.5. The molecule has 35 heavy (non-hydrogen) atoms. The molecule has 0 heterocycles. The Morgan fingerprint density at radius 3 is 1.51 bits per heavy atom. The highest BCUT2D eigenvalue weighted by molar-refractivity contribution is 5.96. The van der Waals surface area contributed by atoms with Gasteiger partial charge in [-0.25, -0.2) is 4.79 Å². The van der Waals surface area contributed by atoms with Crippen LogP contribution in [0.1, 0.15) is 38.5 Å². The Hall–Kier alpha value is -4.28. The van der Waals surface area contributed by atoms with Crippen LogP contribution in [0.15, 0.2) is 0 Å². The fourth-order valence-electron chi connectivity index (χ4n) is 2.59. The van der Waals surface area contributed by atoms with Crippen molar-refractivity contribution in [2.24, 2.45) is 22.9 Å². The third-order valence-electron chi connectivity index (χ3n) is 4.38. The molecule has 4 unspecified atom stereocenters. The lowest BCUT2D eigenvalue weighted by Crippen LogP contribution is -2.57. The molecule has 0 saturated carbocycles. The zero-order valence-corrected chi connectivity index (χ0v) is 18.5. The summed E-state index contributed by atoms with van der Waals surface area (Å²) in [7, 11) is 0. The van der Waals surface area contributed by atoms with Crippen molar-refractivity contribution in [3.8, 4) is 0 Å². The van der Waals surface area contributed by atoms with Crippen LogP contribution in [0, 0.1) is 0 Å². The van der Waals surface area contributed by atoms with Gasteiger partial charge in [0.25, 0.3) is 0 Å². The van der Waals surface area contributed by atoms with Gasteiger partial charge in [0.15, 0.2) is 0 Å². The number of carbonyl (C=O) groups is 8. The Kier molecular flexibility index (Phi) is 13.0. The van der Waals surface area contributed by atoms with E-state index in [1.807, 2.05) is 10.6 Å². The lowest BCUT2D eigenvalue weighted by molar-refractivity contribution is -0.144. The van der Waals surface area contributed by atoms with Gasteiger partial charge in [-0.15, -0.1) is 0 Å². The van der Waals surface area contributed by atoms with E-state index in [1.54, 1.807) is 0 Å². The summed E-state index contributed by atoms with van der Waals surface area (Å²) in [6.45, 7) is 0. The van der Waals surface area contributed by atoms with Crippen LogP contribution < -0.4 is 38.9 Å². The van der Waals surface area contributed by atoms with E-state index >= 15 is 0 Å². The summed E-state index contributed by atoms with van der Waals surface area (Å²) in [5.74, 6) is -9.15. The minimum absolute atomic E-state index is 0.161. The quantitative estimate of drug-likeness (QED) is 0.0902. The molecular formula is C18H29N7O10. The van der Waals surface area contributed by atoms with Gasteiger partial charge in [0.1, 0.15) is 18.1 Å². The van der Waals surface area contributed by atoms with Crippen molar-refractivity contribution in [2.75, 3.05) is 0 Å². The molecule has 13 N–H and O–H groups in total. The number of aliphatic carboxylic acids is 2. The van der Waals surface area contributed by atoms with Gasteiger partial charge in [0.2, 0.25) is 35.4 Å². The average molecular weight is 503 g/mol. The van der Waals surface area contributed by atoms with Crippen LogP contribution in [0.2, 0.25) is 0 Å². The smallest absolute Gasteiger partial charge is 0.326 e. The highest BCUT2D eigenvalue weighted by Crippen LogP contribution is 2.04. The molecule has 0 radical (unpaired) electrons. The molecule has 17 heteroatoms. The molecule has 17 nitrogen and oxygen atoms in total.